The van der Waals surface area contributed by atoms with Crippen LogP contribution in [0.25, 0.3) is 0 Å². The van der Waals surface area contributed by atoms with Gasteiger partial charge in [-0.1, -0.05) is 18.2 Å². The van der Waals surface area contributed by atoms with Crippen molar-refractivity contribution in [1.82, 2.24) is 4.90 Å². The largest absolute Gasteiger partial charge is 0.491 e. The number of nitrogens with one attached hydrogen (secondary N) is 1. The van der Waals surface area contributed by atoms with Crippen molar-refractivity contribution in [3.05, 3.63) is 54.6 Å². The highest BCUT2D eigenvalue weighted by atomic mass is 35.5. The number of aliphatic hydroxyl groups is 1. The number of anilines is 2. The minimum atomic E-state index is -0.689. The number of hydrogen-bond acceptors (Lipinski definition) is 5. The van der Waals surface area contributed by atoms with Gasteiger partial charge in [0.1, 0.15) is 18.5 Å². The Morgan fingerprint density at radius 1 is 1.07 bits per heavy atom. The Labute approximate surface area is 189 Å². The lowest BCUT2D eigenvalue weighted by atomic mass is 10.2. The van der Waals surface area contributed by atoms with Gasteiger partial charge in [-0.3, -0.25) is 9.69 Å². The first-order chi connectivity index (χ1) is 14.1. The number of amides is 1. The molecular formula is C22H29Cl2N3O3. The van der Waals surface area contributed by atoms with Gasteiger partial charge in [-0.05, 0) is 36.4 Å². The molecule has 3 rings (SSSR count). The van der Waals surface area contributed by atoms with E-state index in [0.717, 1.165) is 38.4 Å². The lowest BCUT2D eigenvalue weighted by molar-refractivity contribution is -0.116. The second-order valence-electron chi connectivity index (χ2n) is 7.11. The fourth-order valence-electron chi connectivity index (χ4n) is 3.22. The first kappa shape index (κ1) is 24.3. The lowest BCUT2D eigenvalue weighted by Gasteiger charge is -2.36. The molecule has 1 aliphatic heterocycles. The standard InChI is InChI=1S/C22H28ClN3O3.ClH/c23-16-20(27)17-29-21-8-6-18(7-9-21)24-22(28)10-11-25-12-14-26(15-13-25)19-4-2-1-3-5-19;/h1-9,20,27H,10-17H2,(H,24,28);1H. The highest BCUT2D eigenvalue weighted by molar-refractivity contribution is 6.18. The third-order valence-corrected chi connectivity index (χ3v) is 5.26. The van der Waals surface area contributed by atoms with Gasteiger partial charge in [-0.15, -0.1) is 24.0 Å². The number of alkyl halides is 1. The average molecular weight is 454 g/mol. The van der Waals surface area contributed by atoms with Gasteiger partial charge in [0.25, 0.3) is 0 Å². The number of hydrogen-bond donors (Lipinski definition) is 2. The zero-order chi connectivity index (χ0) is 20.5. The molecule has 6 nitrogen and oxygen atoms in total. The average Bonchev–Trinajstić information content (AvgIpc) is 2.78. The van der Waals surface area contributed by atoms with Crippen molar-refractivity contribution in [2.24, 2.45) is 0 Å². The lowest BCUT2D eigenvalue weighted by Crippen LogP contribution is -2.47. The Balaban J connectivity index is 0.00000320. The number of ether oxygens (including phenoxy) is 1. The Bertz CT molecular complexity index is 754. The van der Waals surface area contributed by atoms with Crippen LogP contribution in [-0.4, -0.2) is 67.2 Å². The second kappa shape index (κ2) is 12.6. The van der Waals surface area contributed by atoms with Crippen molar-refractivity contribution in [3.8, 4) is 5.75 Å². The van der Waals surface area contributed by atoms with Gasteiger partial charge in [0, 0.05) is 50.5 Å². The summed E-state index contributed by atoms with van der Waals surface area (Å²) in [6, 6.07) is 17.5. The maximum absolute atomic E-state index is 12.3. The van der Waals surface area contributed by atoms with Crippen molar-refractivity contribution in [3.63, 3.8) is 0 Å². The van der Waals surface area contributed by atoms with Crippen LogP contribution in [0.15, 0.2) is 54.6 Å². The van der Waals surface area contributed by atoms with E-state index in [-0.39, 0.29) is 30.8 Å². The third-order valence-electron chi connectivity index (χ3n) is 4.91. The summed E-state index contributed by atoms with van der Waals surface area (Å²) in [7, 11) is 0. The summed E-state index contributed by atoms with van der Waals surface area (Å²) >= 11 is 5.54. The summed E-state index contributed by atoms with van der Waals surface area (Å²) in [5.74, 6) is 0.764. The predicted molar refractivity (Wildman–Crippen MR) is 124 cm³/mol. The molecule has 2 aromatic rings. The van der Waals surface area contributed by atoms with E-state index in [2.05, 4.69) is 39.4 Å². The maximum atomic E-state index is 12.3. The Hall–Kier alpha value is -1.99. The summed E-state index contributed by atoms with van der Waals surface area (Å²) < 4.78 is 5.43. The third kappa shape index (κ3) is 7.69. The number of halogens is 2. The number of para-hydroxylation sites is 1. The number of carbonyl (C=O) groups excluding carboxylic acids is 1. The summed E-state index contributed by atoms with van der Waals surface area (Å²) in [5, 5.41) is 12.3. The van der Waals surface area contributed by atoms with Crippen molar-refractivity contribution < 1.29 is 14.6 Å². The first-order valence-electron chi connectivity index (χ1n) is 9.93. The molecule has 0 saturated carbocycles. The highest BCUT2D eigenvalue weighted by Crippen LogP contribution is 2.17. The van der Waals surface area contributed by atoms with E-state index in [9.17, 15) is 9.90 Å². The SMILES string of the molecule is Cl.O=C(CCN1CCN(c2ccccc2)CC1)Nc1ccc(OCC(O)CCl)cc1. The van der Waals surface area contributed by atoms with E-state index >= 15 is 0 Å². The van der Waals surface area contributed by atoms with Crippen LogP contribution >= 0.6 is 24.0 Å². The smallest absolute Gasteiger partial charge is 0.225 e. The molecule has 30 heavy (non-hydrogen) atoms. The number of rotatable bonds is 9. The molecule has 0 spiro atoms. The summed E-state index contributed by atoms with van der Waals surface area (Å²) in [6.45, 7) is 4.78. The molecule has 164 valence electrons. The monoisotopic (exact) mass is 453 g/mol. The Kier molecular flexibility index (Phi) is 10.2. The zero-order valence-electron chi connectivity index (χ0n) is 16.9. The number of aliphatic hydroxyl groups excluding tert-OH is 1. The fourth-order valence-corrected chi connectivity index (χ4v) is 3.31. The van der Waals surface area contributed by atoms with Crippen LogP contribution in [0.5, 0.6) is 5.75 Å². The molecule has 0 radical (unpaired) electrons. The molecule has 0 aliphatic carbocycles. The Morgan fingerprint density at radius 3 is 2.37 bits per heavy atom. The van der Waals surface area contributed by atoms with Crippen LogP contribution in [0.4, 0.5) is 11.4 Å². The maximum Gasteiger partial charge on any atom is 0.225 e. The van der Waals surface area contributed by atoms with Crippen LogP contribution in [0.2, 0.25) is 0 Å². The van der Waals surface area contributed by atoms with E-state index in [1.807, 2.05) is 6.07 Å². The van der Waals surface area contributed by atoms with Crippen molar-refractivity contribution in [2.45, 2.75) is 12.5 Å². The van der Waals surface area contributed by atoms with E-state index in [1.165, 1.54) is 5.69 Å². The summed E-state index contributed by atoms with van der Waals surface area (Å²) in [5.41, 5.74) is 1.99. The molecule has 1 saturated heterocycles. The van der Waals surface area contributed by atoms with Gasteiger partial charge in [-0.25, -0.2) is 0 Å². The van der Waals surface area contributed by atoms with E-state index in [4.69, 9.17) is 16.3 Å². The molecule has 0 aromatic heterocycles. The summed E-state index contributed by atoms with van der Waals surface area (Å²) in [6.07, 6.45) is -0.225. The highest BCUT2D eigenvalue weighted by Gasteiger charge is 2.17. The van der Waals surface area contributed by atoms with Gasteiger partial charge >= 0.3 is 0 Å². The number of nitrogens with zero attached hydrogens (tertiary/aromatic N) is 2. The van der Waals surface area contributed by atoms with E-state index < -0.39 is 6.10 Å². The van der Waals surface area contributed by atoms with Crippen LogP contribution < -0.4 is 15.0 Å². The van der Waals surface area contributed by atoms with Gasteiger partial charge in [0.15, 0.2) is 0 Å². The molecule has 0 bridgehead atoms. The molecule has 2 aromatic carbocycles. The molecule has 1 amide bonds. The van der Waals surface area contributed by atoms with E-state index in [1.54, 1.807) is 24.3 Å². The van der Waals surface area contributed by atoms with Crippen LogP contribution in [0.3, 0.4) is 0 Å². The van der Waals surface area contributed by atoms with Gasteiger partial charge < -0.3 is 20.1 Å². The molecular weight excluding hydrogens is 425 g/mol. The first-order valence-corrected chi connectivity index (χ1v) is 10.5. The van der Waals surface area contributed by atoms with Crippen molar-refractivity contribution in [1.29, 1.82) is 0 Å². The number of benzene rings is 2. The van der Waals surface area contributed by atoms with Crippen LogP contribution in [-0.2, 0) is 4.79 Å². The quantitative estimate of drug-likeness (QED) is 0.570. The predicted octanol–water partition coefficient (Wildman–Crippen LogP) is 3.24. The molecule has 1 unspecified atom stereocenters. The topological polar surface area (TPSA) is 65.0 Å². The molecule has 1 atom stereocenters. The Morgan fingerprint density at radius 2 is 1.73 bits per heavy atom. The molecule has 2 N–H and O–H groups in total. The van der Waals surface area contributed by atoms with Crippen molar-refractivity contribution in [2.75, 3.05) is 55.4 Å². The molecule has 1 heterocycles. The normalized spacial score (nSPS) is 15.2. The number of carbonyl (C=O) groups is 1. The van der Waals surface area contributed by atoms with Crippen molar-refractivity contribution >= 4 is 41.3 Å². The summed E-state index contributed by atoms with van der Waals surface area (Å²) in [4.78, 5) is 17.0. The minimum Gasteiger partial charge on any atom is -0.491 e. The molecule has 8 heteroatoms. The minimum absolute atomic E-state index is 0. The van der Waals surface area contributed by atoms with Gasteiger partial charge in [0.05, 0.1) is 5.88 Å². The molecule has 1 fully saturated rings. The fraction of sp³-hybridized carbons (Fsp3) is 0.409. The molecule has 1 aliphatic rings. The van der Waals surface area contributed by atoms with Gasteiger partial charge in [0.2, 0.25) is 5.91 Å². The van der Waals surface area contributed by atoms with Crippen LogP contribution in [0.1, 0.15) is 6.42 Å². The van der Waals surface area contributed by atoms with Gasteiger partial charge in [-0.2, -0.15) is 0 Å². The number of piperazine rings is 1. The zero-order valence-corrected chi connectivity index (χ0v) is 18.4. The second-order valence-corrected chi connectivity index (χ2v) is 7.41. The van der Waals surface area contributed by atoms with E-state index in [0.29, 0.717) is 12.2 Å². The van der Waals surface area contributed by atoms with Crippen LogP contribution in [0, 0.1) is 0 Å².